The van der Waals surface area contributed by atoms with Crippen molar-refractivity contribution in [1.29, 1.82) is 0 Å². The fraction of sp³-hybridized carbons (Fsp3) is 0.136. The Balaban J connectivity index is 1.56. The maximum Gasteiger partial charge on any atom is 0.349 e. The maximum atomic E-state index is 11.9. The molecule has 0 aliphatic heterocycles. The summed E-state index contributed by atoms with van der Waals surface area (Å²) in [6.07, 6.45) is 0.926. The minimum atomic E-state index is -0.422. The minimum absolute atomic E-state index is 0.117. The number of ether oxygens (including phenoxy) is 2. The first-order valence-electron chi connectivity index (χ1n) is 8.32. The van der Waals surface area contributed by atoms with Gasteiger partial charge in [-0.25, -0.2) is 4.79 Å². The normalized spacial score (nSPS) is 10.3. The highest BCUT2D eigenvalue weighted by atomic mass is 16.6. The van der Waals surface area contributed by atoms with E-state index in [1.807, 2.05) is 66.7 Å². The third kappa shape index (κ3) is 4.70. The second kappa shape index (κ2) is 8.15. The van der Waals surface area contributed by atoms with Gasteiger partial charge in [0, 0.05) is 0 Å². The minimum Gasteiger partial charge on any atom is -0.482 e. The SMILES string of the molecule is CCc1cccc(OCC(=O)Oc2ccc(-c3ccccc3)cc2)c1. The van der Waals surface area contributed by atoms with Crippen molar-refractivity contribution in [3.63, 3.8) is 0 Å². The molecule has 3 nitrogen and oxygen atoms in total. The number of benzene rings is 3. The van der Waals surface area contributed by atoms with Gasteiger partial charge in [-0.1, -0.05) is 61.5 Å². The number of hydrogen-bond donors (Lipinski definition) is 0. The predicted octanol–water partition coefficient (Wildman–Crippen LogP) is 4.90. The van der Waals surface area contributed by atoms with E-state index in [1.54, 1.807) is 12.1 Å². The van der Waals surface area contributed by atoms with Crippen molar-refractivity contribution in [2.24, 2.45) is 0 Å². The van der Waals surface area contributed by atoms with Crippen molar-refractivity contribution < 1.29 is 14.3 Å². The number of esters is 1. The number of carbonyl (C=O) groups excluding carboxylic acids is 1. The molecule has 0 heterocycles. The summed E-state index contributed by atoms with van der Waals surface area (Å²) in [4.78, 5) is 11.9. The van der Waals surface area contributed by atoms with Crippen molar-refractivity contribution in [3.8, 4) is 22.6 Å². The van der Waals surface area contributed by atoms with Gasteiger partial charge in [-0.2, -0.15) is 0 Å². The summed E-state index contributed by atoms with van der Waals surface area (Å²) in [6, 6.07) is 25.2. The first kappa shape index (κ1) is 16.8. The van der Waals surface area contributed by atoms with Gasteiger partial charge in [0.2, 0.25) is 0 Å². The second-order valence-electron chi connectivity index (χ2n) is 5.65. The zero-order chi connectivity index (χ0) is 17.5. The molecule has 0 saturated heterocycles. The molecule has 0 bridgehead atoms. The fourth-order valence-corrected chi connectivity index (χ4v) is 2.50. The fourth-order valence-electron chi connectivity index (χ4n) is 2.50. The molecule has 25 heavy (non-hydrogen) atoms. The van der Waals surface area contributed by atoms with Gasteiger partial charge in [0.1, 0.15) is 11.5 Å². The van der Waals surface area contributed by atoms with Crippen LogP contribution in [-0.4, -0.2) is 12.6 Å². The Morgan fingerprint density at radius 2 is 1.52 bits per heavy atom. The molecule has 3 aromatic carbocycles. The number of rotatable bonds is 6. The molecule has 0 aliphatic carbocycles. The van der Waals surface area contributed by atoms with E-state index in [-0.39, 0.29) is 6.61 Å². The second-order valence-corrected chi connectivity index (χ2v) is 5.65. The lowest BCUT2D eigenvalue weighted by Crippen LogP contribution is -2.17. The molecule has 0 atom stereocenters. The van der Waals surface area contributed by atoms with Gasteiger partial charge >= 0.3 is 5.97 Å². The van der Waals surface area contributed by atoms with Gasteiger partial charge in [0.05, 0.1) is 0 Å². The van der Waals surface area contributed by atoms with Crippen molar-refractivity contribution in [2.75, 3.05) is 6.61 Å². The van der Waals surface area contributed by atoms with Crippen LogP contribution in [0.2, 0.25) is 0 Å². The van der Waals surface area contributed by atoms with Gasteiger partial charge < -0.3 is 9.47 Å². The third-order valence-electron chi connectivity index (χ3n) is 3.86. The predicted molar refractivity (Wildman–Crippen MR) is 98.8 cm³/mol. The Bertz CT molecular complexity index is 823. The van der Waals surface area contributed by atoms with E-state index in [1.165, 1.54) is 5.56 Å². The molecule has 0 unspecified atom stereocenters. The Morgan fingerprint density at radius 1 is 0.800 bits per heavy atom. The van der Waals surface area contributed by atoms with Gasteiger partial charge in [0.15, 0.2) is 6.61 Å². The van der Waals surface area contributed by atoms with E-state index < -0.39 is 5.97 Å². The quantitative estimate of drug-likeness (QED) is 0.476. The summed E-state index contributed by atoms with van der Waals surface area (Å²) in [5.41, 5.74) is 3.37. The zero-order valence-electron chi connectivity index (χ0n) is 14.1. The highest BCUT2D eigenvalue weighted by Gasteiger charge is 2.07. The number of carbonyl (C=O) groups is 1. The molecule has 3 aromatic rings. The summed E-state index contributed by atoms with van der Waals surface area (Å²) < 4.78 is 10.8. The van der Waals surface area contributed by atoms with Crippen molar-refractivity contribution in [2.45, 2.75) is 13.3 Å². The summed E-state index contributed by atoms with van der Waals surface area (Å²) in [7, 11) is 0. The molecule has 3 heteroatoms. The molecule has 0 spiro atoms. The van der Waals surface area contributed by atoms with Crippen LogP contribution in [0.1, 0.15) is 12.5 Å². The van der Waals surface area contributed by atoms with E-state index in [9.17, 15) is 4.79 Å². The molecular weight excluding hydrogens is 312 g/mol. The largest absolute Gasteiger partial charge is 0.482 e. The van der Waals surface area contributed by atoms with Gasteiger partial charge in [0.25, 0.3) is 0 Å². The Morgan fingerprint density at radius 3 is 2.24 bits per heavy atom. The van der Waals surface area contributed by atoms with E-state index >= 15 is 0 Å². The highest BCUT2D eigenvalue weighted by Crippen LogP contribution is 2.22. The van der Waals surface area contributed by atoms with Crippen LogP contribution >= 0.6 is 0 Å². The van der Waals surface area contributed by atoms with E-state index in [0.717, 1.165) is 17.5 Å². The molecule has 0 radical (unpaired) electrons. The molecule has 0 fully saturated rings. The summed E-state index contributed by atoms with van der Waals surface area (Å²) in [5, 5.41) is 0. The van der Waals surface area contributed by atoms with Crippen molar-refractivity contribution in [1.82, 2.24) is 0 Å². The lowest BCUT2D eigenvalue weighted by atomic mass is 10.1. The maximum absolute atomic E-state index is 11.9. The van der Waals surface area contributed by atoms with E-state index in [4.69, 9.17) is 9.47 Å². The van der Waals surface area contributed by atoms with Crippen LogP contribution in [0.25, 0.3) is 11.1 Å². The molecule has 126 valence electrons. The third-order valence-corrected chi connectivity index (χ3v) is 3.86. The molecule has 0 N–H and O–H groups in total. The van der Waals surface area contributed by atoms with E-state index in [2.05, 4.69) is 6.92 Å². The molecule has 0 amide bonds. The van der Waals surface area contributed by atoms with Crippen LogP contribution < -0.4 is 9.47 Å². The Kier molecular flexibility index (Phi) is 5.47. The van der Waals surface area contributed by atoms with Crippen LogP contribution in [0, 0.1) is 0 Å². The first-order valence-corrected chi connectivity index (χ1v) is 8.32. The molecule has 0 saturated carbocycles. The van der Waals surface area contributed by atoms with Crippen LogP contribution in [0.15, 0.2) is 78.9 Å². The van der Waals surface area contributed by atoms with Crippen LogP contribution in [0.4, 0.5) is 0 Å². The Hall–Kier alpha value is -3.07. The molecule has 0 aliphatic rings. The van der Waals surface area contributed by atoms with Crippen molar-refractivity contribution >= 4 is 5.97 Å². The van der Waals surface area contributed by atoms with E-state index in [0.29, 0.717) is 11.5 Å². The number of hydrogen-bond acceptors (Lipinski definition) is 3. The molecule has 3 rings (SSSR count). The Labute approximate surface area is 147 Å². The standard InChI is InChI=1S/C22H20O3/c1-2-17-7-6-10-21(15-17)24-16-22(23)25-20-13-11-19(12-14-20)18-8-4-3-5-9-18/h3-15H,2,16H2,1H3. The number of aryl methyl sites for hydroxylation is 1. The monoisotopic (exact) mass is 332 g/mol. The van der Waals surface area contributed by atoms with Gasteiger partial charge in [-0.15, -0.1) is 0 Å². The van der Waals surface area contributed by atoms with Gasteiger partial charge in [-0.05, 0) is 47.4 Å². The highest BCUT2D eigenvalue weighted by molar-refractivity contribution is 5.74. The van der Waals surface area contributed by atoms with Crippen molar-refractivity contribution in [3.05, 3.63) is 84.4 Å². The lowest BCUT2D eigenvalue weighted by molar-refractivity contribution is -0.136. The summed E-state index contributed by atoms with van der Waals surface area (Å²) >= 11 is 0. The summed E-state index contributed by atoms with van der Waals surface area (Å²) in [5.74, 6) is 0.765. The zero-order valence-corrected chi connectivity index (χ0v) is 14.1. The molecular formula is C22H20O3. The average molecular weight is 332 g/mol. The topological polar surface area (TPSA) is 35.5 Å². The van der Waals surface area contributed by atoms with Crippen LogP contribution in [0.3, 0.4) is 0 Å². The first-order chi connectivity index (χ1) is 12.2. The molecule has 0 aromatic heterocycles. The van der Waals surface area contributed by atoms with Crippen LogP contribution in [0.5, 0.6) is 11.5 Å². The van der Waals surface area contributed by atoms with Crippen LogP contribution in [-0.2, 0) is 11.2 Å². The smallest absolute Gasteiger partial charge is 0.349 e. The average Bonchev–Trinajstić information content (AvgIpc) is 2.68. The van der Waals surface area contributed by atoms with Gasteiger partial charge in [-0.3, -0.25) is 0 Å². The lowest BCUT2D eigenvalue weighted by Gasteiger charge is -2.08. The summed E-state index contributed by atoms with van der Waals surface area (Å²) in [6.45, 7) is 1.96.